The van der Waals surface area contributed by atoms with Crippen LogP contribution >= 0.6 is 0 Å². The Hall–Kier alpha value is -2.34. The van der Waals surface area contributed by atoms with E-state index < -0.39 is 0 Å². The van der Waals surface area contributed by atoms with Crippen molar-refractivity contribution in [3.05, 3.63) is 108 Å². The molecule has 0 amide bonds. The van der Waals surface area contributed by atoms with Crippen LogP contribution in [0.4, 0.5) is 0 Å². The first-order valence-corrected chi connectivity index (χ1v) is 8.05. The molecule has 110 valence electrons. The fraction of sp³-hybridized carbons (Fsp3) is 0.182. The average molecular weight is 286 g/mol. The van der Waals surface area contributed by atoms with Crippen LogP contribution in [0.1, 0.15) is 41.9 Å². The largest absolute Gasteiger partial charge is 0.0648 e. The zero-order valence-electron chi connectivity index (χ0n) is 13.0. The first kappa shape index (κ1) is 14.6. The Balaban J connectivity index is 2.09. The summed E-state index contributed by atoms with van der Waals surface area (Å²) in [5, 5.41) is 0. The summed E-state index contributed by atoms with van der Waals surface area (Å²) in [5.41, 5.74) is 4.21. The molecule has 0 spiro atoms. The van der Waals surface area contributed by atoms with Crippen molar-refractivity contribution in [1.82, 2.24) is 0 Å². The lowest BCUT2D eigenvalue weighted by molar-refractivity contribution is 0.586. The van der Waals surface area contributed by atoms with Crippen LogP contribution in [-0.4, -0.2) is 0 Å². The molecule has 0 heterocycles. The van der Waals surface area contributed by atoms with E-state index in [1.54, 1.807) is 0 Å². The maximum Gasteiger partial charge on any atom is 0.0158 e. The number of hydrogen-bond donors (Lipinski definition) is 0. The summed E-state index contributed by atoms with van der Waals surface area (Å²) >= 11 is 0. The fourth-order valence-corrected chi connectivity index (χ4v) is 3.34. The molecule has 0 bridgehead atoms. The van der Waals surface area contributed by atoms with Gasteiger partial charge in [0.15, 0.2) is 0 Å². The van der Waals surface area contributed by atoms with Crippen molar-refractivity contribution in [2.45, 2.75) is 25.2 Å². The van der Waals surface area contributed by atoms with Gasteiger partial charge < -0.3 is 0 Å². The zero-order chi connectivity index (χ0) is 15.2. The average Bonchev–Trinajstić information content (AvgIpc) is 2.62. The van der Waals surface area contributed by atoms with Gasteiger partial charge in [0.25, 0.3) is 0 Å². The zero-order valence-corrected chi connectivity index (χ0v) is 13.0. The molecule has 0 aliphatic rings. The van der Waals surface area contributed by atoms with Gasteiger partial charge in [0.1, 0.15) is 0 Å². The second-order valence-electron chi connectivity index (χ2n) is 5.72. The van der Waals surface area contributed by atoms with E-state index in [1.165, 1.54) is 16.7 Å². The van der Waals surface area contributed by atoms with Gasteiger partial charge in [0.2, 0.25) is 0 Å². The highest BCUT2D eigenvalue weighted by atomic mass is 14.3. The third-order valence-electron chi connectivity index (χ3n) is 4.39. The van der Waals surface area contributed by atoms with Gasteiger partial charge in [-0.1, -0.05) is 97.9 Å². The van der Waals surface area contributed by atoms with Crippen molar-refractivity contribution in [1.29, 1.82) is 0 Å². The summed E-state index contributed by atoms with van der Waals surface area (Å²) < 4.78 is 0. The molecule has 0 saturated heterocycles. The summed E-state index contributed by atoms with van der Waals surface area (Å²) in [5.74, 6) is 0.890. The first-order chi connectivity index (χ1) is 10.9. The van der Waals surface area contributed by atoms with Crippen LogP contribution in [0.25, 0.3) is 0 Å². The number of rotatable bonds is 5. The standard InChI is InChI=1S/C22H22/c1-2-21(18-12-6-3-7-13-18)22(19-14-8-4-9-15-19)20-16-10-5-11-17-20/h3-17,21-22H,2H2,1H3/t21-/m0/s1. The molecule has 22 heavy (non-hydrogen) atoms. The lowest BCUT2D eigenvalue weighted by atomic mass is 9.76. The van der Waals surface area contributed by atoms with Crippen LogP contribution < -0.4 is 0 Å². The first-order valence-electron chi connectivity index (χ1n) is 8.05. The van der Waals surface area contributed by atoms with Gasteiger partial charge in [-0.3, -0.25) is 0 Å². The highest BCUT2D eigenvalue weighted by molar-refractivity contribution is 5.38. The Morgan fingerprint density at radius 1 is 0.545 bits per heavy atom. The molecule has 3 rings (SSSR count). The predicted octanol–water partition coefficient (Wildman–Crippen LogP) is 6.01. The minimum atomic E-state index is 0.398. The molecule has 3 aromatic carbocycles. The van der Waals surface area contributed by atoms with Crippen molar-refractivity contribution in [2.75, 3.05) is 0 Å². The van der Waals surface area contributed by atoms with Crippen LogP contribution in [0.2, 0.25) is 0 Å². The second-order valence-corrected chi connectivity index (χ2v) is 5.72. The Kier molecular flexibility index (Phi) is 4.70. The Morgan fingerprint density at radius 3 is 1.27 bits per heavy atom. The molecule has 0 aliphatic carbocycles. The van der Waals surface area contributed by atoms with E-state index in [4.69, 9.17) is 0 Å². The predicted molar refractivity (Wildman–Crippen MR) is 94.2 cm³/mol. The minimum Gasteiger partial charge on any atom is -0.0648 e. The third-order valence-corrected chi connectivity index (χ3v) is 4.39. The number of hydrogen-bond acceptors (Lipinski definition) is 0. The van der Waals surface area contributed by atoms with Gasteiger partial charge in [-0.2, -0.15) is 0 Å². The van der Waals surface area contributed by atoms with Crippen LogP contribution in [-0.2, 0) is 0 Å². The second kappa shape index (κ2) is 7.09. The quantitative estimate of drug-likeness (QED) is 0.538. The van der Waals surface area contributed by atoms with Gasteiger partial charge in [-0.15, -0.1) is 0 Å². The van der Waals surface area contributed by atoms with Crippen molar-refractivity contribution in [2.24, 2.45) is 0 Å². The topological polar surface area (TPSA) is 0 Å². The monoisotopic (exact) mass is 286 g/mol. The van der Waals surface area contributed by atoms with Gasteiger partial charge in [-0.25, -0.2) is 0 Å². The minimum absolute atomic E-state index is 0.398. The molecule has 0 fully saturated rings. The molecule has 0 nitrogen and oxygen atoms in total. The molecule has 0 saturated carbocycles. The van der Waals surface area contributed by atoms with Crippen LogP contribution in [0.15, 0.2) is 91.0 Å². The Labute approximate surface area is 133 Å². The van der Waals surface area contributed by atoms with Gasteiger partial charge in [0, 0.05) is 5.92 Å². The third kappa shape index (κ3) is 3.12. The highest BCUT2D eigenvalue weighted by Gasteiger charge is 2.24. The molecular formula is C22H22. The summed E-state index contributed by atoms with van der Waals surface area (Å²) in [7, 11) is 0. The molecular weight excluding hydrogens is 264 g/mol. The molecule has 0 radical (unpaired) electrons. The number of benzene rings is 3. The van der Waals surface area contributed by atoms with Gasteiger partial charge >= 0.3 is 0 Å². The van der Waals surface area contributed by atoms with Crippen molar-refractivity contribution >= 4 is 0 Å². The van der Waals surface area contributed by atoms with Crippen LogP contribution in [0, 0.1) is 0 Å². The maximum atomic E-state index is 2.29. The molecule has 0 unspecified atom stereocenters. The molecule has 0 heteroatoms. The van der Waals surface area contributed by atoms with E-state index in [2.05, 4.69) is 97.9 Å². The van der Waals surface area contributed by atoms with E-state index >= 15 is 0 Å². The van der Waals surface area contributed by atoms with E-state index in [1.807, 2.05) is 0 Å². The summed E-state index contributed by atoms with van der Waals surface area (Å²) in [6.45, 7) is 2.29. The fourth-order valence-electron chi connectivity index (χ4n) is 3.34. The van der Waals surface area contributed by atoms with E-state index in [0.29, 0.717) is 11.8 Å². The summed E-state index contributed by atoms with van der Waals surface area (Å²) in [4.78, 5) is 0. The van der Waals surface area contributed by atoms with Gasteiger partial charge in [0.05, 0.1) is 0 Å². The lowest BCUT2D eigenvalue weighted by Crippen LogP contribution is -2.12. The molecule has 0 aromatic heterocycles. The Morgan fingerprint density at radius 2 is 0.909 bits per heavy atom. The van der Waals surface area contributed by atoms with E-state index in [9.17, 15) is 0 Å². The lowest BCUT2D eigenvalue weighted by Gasteiger charge is -2.28. The summed E-state index contributed by atoms with van der Waals surface area (Å²) in [6.07, 6.45) is 1.12. The summed E-state index contributed by atoms with van der Waals surface area (Å²) in [6, 6.07) is 32.7. The van der Waals surface area contributed by atoms with Crippen molar-refractivity contribution in [3.63, 3.8) is 0 Å². The van der Waals surface area contributed by atoms with Crippen LogP contribution in [0.3, 0.4) is 0 Å². The molecule has 3 aromatic rings. The van der Waals surface area contributed by atoms with Crippen molar-refractivity contribution < 1.29 is 0 Å². The van der Waals surface area contributed by atoms with Crippen LogP contribution in [0.5, 0.6) is 0 Å². The highest BCUT2D eigenvalue weighted by Crippen LogP contribution is 2.40. The van der Waals surface area contributed by atoms with Gasteiger partial charge in [-0.05, 0) is 29.0 Å². The maximum absolute atomic E-state index is 2.29. The van der Waals surface area contributed by atoms with Crippen molar-refractivity contribution in [3.8, 4) is 0 Å². The molecule has 0 N–H and O–H groups in total. The Bertz CT molecular complexity index is 632. The normalized spacial score (nSPS) is 12.3. The van der Waals surface area contributed by atoms with E-state index in [0.717, 1.165) is 6.42 Å². The smallest absolute Gasteiger partial charge is 0.0158 e. The molecule has 1 atom stereocenters. The molecule has 0 aliphatic heterocycles. The van der Waals surface area contributed by atoms with E-state index in [-0.39, 0.29) is 0 Å². The SMILES string of the molecule is CC[C@@H](c1ccccc1)C(c1ccccc1)c1ccccc1.